The monoisotopic (exact) mass is 245 g/mol. The smallest absolute Gasteiger partial charge is 0.387 e. The van der Waals surface area contributed by atoms with Crippen molar-refractivity contribution in [1.29, 1.82) is 0 Å². The van der Waals surface area contributed by atoms with Crippen molar-refractivity contribution in [3.63, 3.8) is 0 Å². The first kappa shape index (κ1) is 12.9. The predicted octanol–water partition coefficient (Wildman–Crippen LogP) is 0.930. The van der Waals surface area contributed by atoms with Crippen molar-refractivity contribution in [2.75, 3.05) is 6.61 Å². The van der Waals surface area contributed by atoms with Gasteiger partial charge in [0.15, 0.2) is 6.61 Å². The fourth-order valence-electron chi connectivity index (χ4n) is 1.02. The van der Waals surface area contributed by atoms with Crippen LogP contribution < -0.4 is 10.5 Å². The highest BCUT2D eigenvalue weighted by Crippen LogP contribution is 2.16. The molecule has 2 N–H and O–H groups in total. The zero-order chi connectivity index (χ0) is 12.8. The number of hydrogen-bond donors (Lipinski definition) is 1. The second kappa shape index (κ2) is 5.78. The first-order chi connectivity index (χ1) is 7.99. The summed E-state index contributed by atoms with van der Waals surface area (Å²) < 4.78 is 32.4. The summed E-state index contributed by atoms with van der Waals surface area (Å²) in [6.07, 6.45) is 0. The highest BCUT2D eigenvalue weighted by molar-refractivity contribution is 5.91. The van der Waals surface area contributed by atoms with Gasteiger partial charge in [-0.15, -0.1) is 0 Å². The van der Waals surface area contributed by atoms with Crippen molar-refractivity contribution < 1.29 is 27.8 Å². The Morgan fingerprint density at radius 1 is 1.35 bits per heavy atom. The molecule has 5 nitrogen and oxygen atoms in total. The third-order valence-electron chi connectivity index (χ3n) is 1.64. The maximum Gasteiger partial charge on any atom is 0.387 e. The van der Waals surface area contributed by atoms with E-state index in [2.05, 4.69) is 9.47 Å². The molecule has 0 aromatic heterocycles. The molecule has 0 bridgehead atoms. The standard InChI is InChI=1S/C10H9F2NO4/c11-10(12)17-7-3-1-2-6(4-7)9(15)16-5-8(13)14/h1-4,10H,5H2,(H2,13,14). The molecule has 7 heteroatoms. The van der Waals surface area contributed by atoms with E-state index in [4.69, 9.17) is 5.73 Å². The van der Waals surface area contributed by atoms with Crippen LogP contribution in [0.3, 0.4) is 0 Å². The van der Waals surface area contributed by atoms with Gasteiger partial charge in [-0.25, -0.2) is 4.79 Å². The minimum Gasteiger partial charge on any atom is -0.452 e. The second-order valence-electron chi connectivity index (χ2n) is 2.95. The lowest BCUT2D eigenvalue weighted by molar-refractivity contribution is -0.121. The Bertz CT molecular complexity index is 423. The molecule has 0 fully saturated rings. The Labute approximate surface area is 95.1 Å². The Hall–Kier alpha value is -2.18. The van der Waals surface area contributed by atoms with Crippen molar-refractivity contribution in [2.45, 2.75) is 6.61 Å². The number of rotatable bonds is 5. The molecule has 0 radical (unpaired) electrons. The normalized spacial score (nSPS) is 10.1. The van der Waals surface area contributed by atoms with Gasteiger partial charge in [-0.2, -0.15) is 8.78 Å². The van der Waals surface area contributed by atoms with Crippen LogP contribution in [0.15, 0.2) is 24.3 Å². The molecule has 0 spiro atoms. The van der Waals surface area contributed by atoms with E-state index < -0.39 is 25.1 Å². The van der Waals surface area contributed by atoms with Gasteiger partial charge in [0.25, 0.3) is 5.91 Å². The van der Waals surface area contributed by atoms with Crippen LogP contribution in [-0.4, -0.2) is 25.1 Å². The summed E-state index contributed by atoms with van der Waals surface area (Å²) in [5.41, 5.74) is 4.76. The number of alkyl halides is 2. The van der Waals surface area contributed by atoms with E-state index in [1.54, 1.807) is 0 Å². The molecule has 0 heterocycles. The van der Waals surface area contributed by atoms with Gasteiger partial charge in [-0.3, -0.25) is 4.79 Å². The van der Waals surface area contributed by atoms with Crippen LogP contribution in [0.5, 0.6) is 5.75 Å². The molecule has 92 valence electrons. The van der Waals surface area contributed by atoms with E-state index in [0.29, 0.717) is 0 Å². The van der Waals surface area contributed by atoms with E-state index in [1.807, 2.05) is 0 Å². The van der Waals surface area contributed by atoms with Gasteiger partial charge < -0.3 is 15.2 Å². The predicted molar refractivity (Wildman–Crippen MR) is 52.6 cm³/mol. The quantitative estimate of drug-likeness (QED) is 0.782. The van der Waals surface area contributed by atoms with Crippen molar-refractivity contribution >= 4 is 11.9 Å². The van der Waals surface area contributed by atoms with Gasteiger partial charge in [-0.05, 0) is 18.2 Å². The lowest BCUT2D eigenvalue weighted by atomic mass is 10.2. The zero-order valence-electron chi connectivity index (χ0n) is 8.56. The summed E-state index contributed by atoms with van der Waals surface area (Å²) in [5.74, 6) is -1.82. The molecule has 1 rings (SSSR count). The number of hydrogen-bond acceptors (Lipinski definition) is 4. The van der Waals surface area contributed by atoms with Crippen LogP contribution in [0.1, 0.15) is 10.4 Å². The second-order valence-corrected chi connectivity index (χ2v) is 2.95. The minimum atomic E-state index is -2.98. The third kappa shape index (κ3) is 4.45. The molecule has 0 saturated heterocycles. The Morgan fingerprint density at radius 3 is 2.65 bits per heavy atom. The fourth-order valence-corrected chi connectivity index (χ4v) is 1.02. The van der Waals surface area contributed by atoms with E-state index in [-0.39, 0.29) is 11.3 Å². The summed E-state index contributed by atoms with van der Waals surface area (Å²) in [6.45, 7) is -3.55. The number of benzene rings is 1. The van der Waals surface area contributed by atoms with Crippen LogP contribution in [0, 0.1) is 0 Å². The van der Waals surface area contributed by atoms with Crippen LogP contribution >= 0.6 is 0 Å². The summed E-state index contributed by atoms with van der Waals surface area (Å²) in [6, 6.07) is 5.02. The lowest BCUT2D eigenvalue weighted by Gasteiger charge is -2.06. The molecule has 0 atom stereocenters. The molecule has 0 unspecified atom stereocenters. The summed E-state index contributed by atoms with van der Waals surface area (Å²) in [4.78, 5) is 21.7. The molecular formula is C10H9F2NO4. The Kier molecular flexibility index (Phi) is 4.38. The average molecular weight is 245 g/mol. The highest BCUT2D eigenvalue weighted by atomic mass is 19.3. The summed E-state index contributed by atoms with van der Waals surface area (Å²) in [5, 5.41) is 0. The lowest BCUT2D eigenvalue weighted by Crippen LogP contribution is -2.20. The van der Waals surface area contributed by atoms with Crippen molar-refractivity contribution in [3.8, 4) is 5.75 Å². The molecule has 1 aromatic carbocycles. The SMILES string of the molecule is NC(=O)COC(=O)c1cccc(OC(F)F)c1. The molecule has 0 aliphatic carbocycles. The van der Waals surface area contributed by atoms with Gasteiger partial charge >= 0.3 is 12.6 Å². The zero-order valence-corrected chi connectivity index (χ0v) is 8.56. The molecule has 1 amide bonds. The molecule has 1 aromatic rings. The topological polar surface area (TPSA) is 78.6 Å². The maximum atomic E-state index is 11.9. The van der Waals surface area contributed by atoms with Gasteiger partial charge in [0.2, 0.25) is 0 Å². The van der Waals surface area contributed by atoms with Crippen LogP contribution in [0.2, 0.25) is 0 Å². The molecule has 17 heavy (non-hydrogen) atoms. The first-order valence-corrected chi connectivity index (χ1v) is 4.49. The Morgan fingerprint density at radius 2 is 2.06 bits per heavy atom. The van der Waals surface area contributed by atoms with E-state index in [9.17, 15) is 18.4 Å². The number of halogens is 2. The van der Waals surface area contributed by atoms with Crippen LogP contribution in [0.25, 0.3) is 0 Å². The highest BCUT2D eigenvalue weighted by Gasteiger charge is 2.11. The first-order valence-electron chi connectivity index (χ1n) is 4.49. The average Bonchev–Trinajstić information content (AvgIpc) is 2.25. The van der Waals surface area contributed by atoms with Gasteiger partial charge in [0.05, 0.1) is 5.56 Å². The maximum absolute atomic E-state index is 11.9. The van der Waals surface area contributed by atoms with Gasteiger partial charge in [-0.1, -0.05) is 6.07 Å². The van der Waals surface area contributed by atoms with E-state index in [0.717, 1.165) is 6.07 Å². The molecular weight excluding hydrogens is 236 g/mol. The van der Waals surface area contributed by atoms with Crippen molar-refractivity contribution in [3.05, 3.63) is 29.8 Å². The van der Waals surface area contributed by atoms with E-state index >= 15 is 0 Å². The van der Waals surface area contributed by atoms with Crippen molar-refractivity contribution in [2.24, 2.45) is 5.73 Å². The number of nitrogens with two attached hydrogens (primary N) is 1. The summed E-state index contributed by atoms with van der Waals surface area (Å²) >= 11 is 0. The molecule has 0 aliphatic rings. The Balaban J connectivity index is 2.70. The fraction of sp³-hybridized carbons (Fsp3) is 0.200. The van der Waals surface area contributed by atoms with Crippen LogP contribution in [0.4, 0.5) is 8.78 Å². The van der Waals surface area contributed by atoms with Crippen LogP contribution in [-0.2, 0) is 9.53 Å². The molecule has 0 saturated carbocycles. The van der Waals surface area contributed by atoms with Crippen molar-refractivity contribution in [1.82, 2.24) is 0 Å². The molecule has 0 aliphatic heterocycles. The number of amides is 1. The number of primary amides is 1. The van der Waals surface area contributed by atoms with Gasteiger partial charge in [0, 0.05) is 0 Å². The number of esters is 1. The van der Waals surface area contributed by atoms with E-state index in [1.165, 1.54) is 18.2 Å². The number of ether oxygens (including phenoxy) is 2. The number of carbonyl (C=O) groups is 2. The number of carbonyl (C=O) groups excluding carboxylic acids is 2. The van der Waals surface area contributed by atoms with Gasteiger partial charge in [0.1, 0.15) is 5.75 Å². The largest absolute Gasteiger partial charge is 0.452 e. The minimum absolute atomic E-state index is 0.00981. The summed E-state index contributed by atoms with van der Waals surface area (Å²) in [7, 11) is 0. The third-order valence-corrected chi connectivity index (χ3v) is 1.64.